The molecule has 4 amide bonds. The Kier molecular flexibility index (Phi) is 10.0. The second-order valence-corrected chi connectivity index (χ2v) is 10.1. The van der Waals surface area contributed by atoms with E-state index >= 15 is 0 Å². The van der Waals surface area contributed by atoms with Crippen LogP contribution >= 0.6 is 0 Å². The second-order valence-electron chi connectivity index (χ2n) is 10.1. The highest BCUT2D eigenvalue weighted by Gasteiger charge is 2.43. The zero-order valence-corrected chi connectivity index (χ0v) is 23.9. The van der Waals surface area contributed by atoms with Gasteiger partial charge in [0.05, 0.1) is 12.1 Å². The van der Waals surface area contributed by atoms with Crippen molar-refractivity contribution in [1.82, 2.24) is 20.1 Å². The molecular weight excluding hydrogens is 522 g/mol. The van der Waals surface area contributed by atoms with E-state index in [1.807, 2.05) is 0 Å². The Morgan fingerprint density at radius 2 is 1.64 bits per heavy atom. The predicted octanol–water partition coefficient (Wildman–Crippen LogP) is 3.81. The van der Waals surface area contributed by atoms with Crippen molar-refractivity contribution in [3.05, 3.63) is 23.7 Å². The lowest BCUT2D eigenvalue weighted by atomic mass is 10.1. The number of aromatic nitrogens is 2. The number of anilines is 2. The second kappa shape index (κ2) is 12.3. The van der Waals surface area contributed by atoms with Crippen LogP contribution in [0.1, 0.15) is 53.1 Å². The lowest BCUT2D eigenvalue weighted by Crippen LogP contribution is -2.46. The minimum Gasteiger partial charge on any atom is -0.371 e. The largest absolute Gasteiger partial charge is 0.371 e. The van der Waals surface area contributed by atoms with Gasteiger partial charge in [-0.25, -0.2) is 23.3 Å². The van der Waals surface area contributed by atoms with Gasteiger partial charge in [-0.1, -0.05) is 10.3 Å². The summed E-state index contributed by atoms with van der Waals surface area (Å²) in [6.45, 7) is 8.82. The quantitative estimate of drug-likeness (QED) is 0.460. The molecule has 39 heavy (non-hydrogen) atoms. The summed E-state index contributed by atoms with van der Waals surface area (Å²) in [5, 5.41) is 19.7. The molecular formula is C24H38F2N6O7. The van der Waals surface area contributed by atoms with Gasteiger partial charge < -0.3 is 33.4 Å². The fourth-order valence-electron chi connectivity index (χ4n) is 3.44. The lowest BCUT2D eigenvalue weighted by molar-refractivity contribution is -0.132. The number of ether oxygens (including phenoxy) is 2. The average Bonchev–Trinajstić information content (AvgIpc) is 3.57. The molecule has 0 saturated carbocycles. The van der Waals surface area contributed by atoms with Crippen LogP contribution < -0.4 is 10.2 Å². The van der Waals surface area contributed by atoms with E-state index in [1.165, 1.54) is 63.8 Å². The number of alkyl halides is 2. The number of methoxy groups -OCH3 is 2. The van der Waals surface area contributed by atoms with Crippen molar-refractivity contribution in [3.63, 3.8) is 0 Å². The number of rotatable bonds is 8. The number of aliphatic hydroxyl groups is 1. The van der Waals surface area contributed by atoms with Crippen LogP contribution in [0.3, 0.4) is 0 Å². The molecule has 0 radical (unpaired) electrons. The van der Waals surface area contributed by atoms with Crippen LogP contribution in [0.5, 0.6) is 0 Å². The zero-order valence-electron chi connectivity index (χ0n) is 23.9. The van der Waals surface area contributed by atoms with E-state index < -0.39 is 35.9 Å². The molecule has 1 aliphatic heterocycles. The Balaban J connectivity index is 0.000000276. The number of hydrogen-bond acceptors (Lipinski definition) is 9. The van der Waals surface area contributed by atoms with Crippen LogP contribution in [0.15, 0.2) is 21.2 Å². The summed E-state index contributed by atoms with van der Waals surface area (Å²) in [4.78, 5) is 27.9. The zero-order chi connectivity index (χ0) is 29.9. The van der Waals surface area contributed by atoms with E-state index in [9.17, 15) is 23.5 Å². The highest BCUT2D eigenvalue weighted by molar-refractivity contribution is 5.94. The minimum atomic E-state index is -1.68. The van der Waals surface area contributed by atoms with Gasteiger partial charge in [0.1, 0.15) is 0 Å². The van der Waals surface area contributed by atoms with Gasteiger partial charge in [-0.05, 0) is 41.5 Å². The molecule has 3 unspecified atom stereocenters. The van der Waals surface area contributed by atoms with E-state index in [-0.39, 0.29) is 35.2 Å². The van der Waals surface area contributed by atoms with Crippen molar-refractivity contribution in [2.45, 2.75) is 77.5 Å². The van der Waals surface area contributed by atoms with Crippen molar-refractivity contribution in [3.8, 4) is 0 Å². The fourth-order valence-corrected chi connectivity index (χ4v) is 3.44. The number of likely N-dealkylation sites (N-methyl/N-ethyl adjacent to an activating group) is 2. The standard InChI is InChI=1S/C13H22FN3O4.C11H16FN3O3/c1-8(11(19-5)20-6)17(4)12(18)15-10-7-9(21-16-10)13(2,3)14;1-6-9(16)15(10(17)14(6)4)8-5-7(18-13-8)11(2,3)12/h7-8,11H,1-6H3,(H,15,16,18);5-6,9,16H,1-4H3. The van der Waals surface area contributed by atoms with Crippen LogP contribution in [0, 0.1) is 0 Å². The molecule has 2 aromatic rings. The van der Waals surface area contributed by atoms with Crippen molar-refractivity contribution >= 4 is 23.7 Å². The Bertz CT molecular complexity index is 1110. The van der Waals surface area contributed by atoms with Crippen LogP contribution in [0.4, 0.5) is 30.0 Å². The maximum Gasteiger partial charge on any atom is 0.328 e. The summed E-state index contributed by atoms with van der Waals surface area (Å²) in [7, 11) is 6.15. The monoisotopic (exact) mass is 560 g/mol. The third-order valence-corrected chi connectivity index (χ3v) is 6.27. The maximum absolute atomic E-state index is 13.7. The lowest BCUT2D eigenvalue weighted by Gasteiger charge is -2.29. The van der Waals surface area contributed by atoms with Crippen molar-refractivity contribution in [1.29, 1.82) is 0 Å². The van der Waals surface area contributed by atoms with Gasteiger partial charge in [0.2, 0.25) is 0 Å². The Morgan fingerprint density at radius 3 is 2.05 bits per heavy atom. The van der Waals surface area contributed by atoms with Crippen LogP contribution in [-0.2, 0) is 20.8 Å². The number of halogens is 2. The number of aliphatic hydroxyl groups excluding tert-OH is 1. The molecule has 3 rings (SSSR count). The van der Waals surface area contributed by atoms with Gasteiger partial charge in [-0.2, -0.15) is 0 Å². The number of carbonyl (C=O) groups excluding carboxylic acids is 2. The topological polar surface area (TPSA) is 147 Å². The van der Waals surface area contributed by atoms with E-state index in [0.29, 0.717) is 0 Å². The van der Waals surface area contributed by atoms with Gasteiger partial charge in [0.15, 0.2) is 47.0 Å². The SMILES string of the molecule is CC1C(O)N(c2cc(C(C)(C)F)on2)C(=O)N1C.COC(OC)C(C)N(C)C(=O)Nc1cc(C(C)(C)F)on1. The fraction of sp³-hybridized carbons (Fsp3) is 0.667. The van der Waals surface area contributed by atoms with Crippen molar-refractivity contribution in [2.75, 3.05) is 38.5 Å². The van der Waals surface area contributed by atoms with Crippen LogP contribution in [0.2, 0.25) is 0 Å². The maximum atomic E-state index is 13.7. The molecule has 0 spiro atoms. The first kappa shape index (κ1) is 31.9. The molecule has 13 nitrogen and oxygen atoms in total. The third-order valence-electron chi connectivity index (χ3n) is 6.27. The number of urea groups is 2. The van der Waals surface area contributed by atoms with Crippen molar-refractivity contribution in [2.24, 2.45) is 0 Å². The Morgan fingerprint density at radius 1 is 1.13 bits per heavy atom. The predicted molar refractivity (Wildman–Crippen MR) is 136 cm³/mol. The first-order valence-corrected chi connectivity index (χ1v) is 12.1. The molecule has 15 heteroatoms. The highest BCUT2D eigenvalue weighted by atomic mass is 19.1. The number of amides is 4. The highest BCUT2D eigenvalue weighted by Crippen LogP contribution is 2.31. The average molecular weight is 561 g/mol. The van der Waals surface area contributed by atoms with Gasteiger partial charge in [0.25, 0.3) is 0 Å². The molecule has 0 bridgehead atoms. The first-order valence-electron chi connectivity index (χ1n) is 12.1. The Hall–Kier alpha value is -3.30. The molecule has 1 fully saturated rings. The number of nitrogens with zero attached hydrogens (tertiary/aromatic N) is 5. The Labute approximate surface area is 225 Å². The molecule has 2 N–H and O–H groups in total. The molecule has 2 aromatic heterocycles. The summed E-state index contributed by atoms with van der Waals surface area (Å²) in [5.41, 5.74) is -3.34. The summed E-state index contributed by atoms with van der Waals surface area (Å²) in [6, 6.07) is 1.15. The van der Waals surface area contributed by atoms with Crippen molar-refractivity contribution < 1.29 is 42.0 Å². The normalized spacial score (nSPS) is 18.8. The van der Waals surface area contributed by atoms with E-state index in [1.54, 1.807) is 27.9 Å². The molecule has 3 heterocycles. The number of hydrogen-bond donors (Lipinski definition) is 2. The van der Waals surface area contributed by atoms with Gasteiger partial charge in [-0.3, -0.25) is 5.32 Å². The molecule has 3 atom stereocenters. The number of nitrogens with one attached hydrogen (secondary N) is 1. The van der Waals surface area contributed by atoms with E-state index in [0.717, 1.165) is 4.90 Å². The van der Waals surface area contributed by atoms with Gasteiger partial charge >= 0.3 is 12.1 Å². The summed E-state index contributed by atoms with van der Waals surface area (Å²) in [5.74, 6) is 0.315. The molecule has 1 saturated heterocycles. The third kappa shape index (κ3) is 7.42. The smallest absolute Gasteiger partial charge is 0.328 e. The summed E-state index contributed by atoms with van der Waals surface area (Å²) >= 11 is 0. The van der Waals surface area contributed by atoms with Gasteiger partial charge in [-0.15, -0.1) is 0 Å². The first-order chi connectivity index (χ1) is 17.9. The summed E-state index contributed by atoms with van der Waals surface area (Å²) < 4.78 is 47.2. The van der Waals surface area contributed by atoms with E-state index in [4.69, 9.17) is 18.5 Å². The minimum absolute atomic E-state index is 0.0136. The molecule has 0 aliphatic carbocycles. The molecule has 1 aliphatic rings. The van der Waals surface area contributed by atoms with Crippen LogP contribution in [0.25, 0.3) is 0 Å². The number of carbonyl (C=O) groups is 2. The van der Waals surface area contributed by atoms with Crippen LogP contribution in [-0.4, -0.2) is 90.2 Å². The summed E-state index contributed by atoms with van der Waals surface area (Å²) in [6.07, 6.45) is -1.58. The molecule has 0 aromatic carbocycles. The van der Waals surface area contributed by atoms with E-state index in [2.05, 4.69) is 15.6 Å². The molecule has 220 valence electrons. The van der Waals surface area contributed by atoms with Gasteiger partial charge in [0, 0.05) is 40.4 Å².